The van der Waals surface area contributed by atoms with Gasteiger partial charge in [-0.1, -0.05) is 48.5 Å². The number of ether oxygens (including phenoxy) is 2. The number of rotatable bonds is 7. The Balaban J connectivity index is 1.08. The molecule has 0 radical (unpaired) electrons. The van der Waals surface area contributed by atoms with E-state index in [-0.39, 0.29) is 36.9 Å². The minimum absolute atomic E-state index is 0.000176. The molecule has 184 valence electrons. The average Bonchev–Trinajstić information content (AvgIpc) is 3.17. The summed E-state index contributed by atoms with van der Waals surface area (Å²) in [6, 6.07) is 16.2. The van der Waals surface area contributed by atoms with Crippen LogP contribution in [0.5, 0.6) is 0 Å². The van der Waals surface area contributed by atoms with E-state index >= 15 is 0 Å². The second-order valence-electron chi connectivity index (χ2n) is 9.75. The molecule has 0 atom stereocenters. The van der Waals surface area contributed by atoms with Gasteiger partial charge in [-0.25, -0.2) is 4.79 Å². The predicted molar refractivity (Wildman–Crippen MR) is 128 cm³/mol. The Hall–Kier alpha value is -3.39. The number of benzene rings is 2. The van der Waals surface area contributed by atoms with Gasteiger partial charge in [-0.05, 0) is 47.9 Å². The molecule has 0 spiro atoms. The number of alkyl carbamates (subject to hydrolysis) is 1. The van der Waals surface area contributed by atoms with E-state index in [0.29, 0.717) is 38.9 Å². The molecule has 1 aliphatic heterocycles. The van der Waals surface area contributed by atoms with Gasteiger partial charge in [-0.2, -0.15) is 0 Å². The summed E-state index contributed by atoms with van der Waals surface area (Å²) in [5, 5.41) is 15.3. The number of fused-ring (bicyclic) bond motifs is 3. The van der Waals surface area contributed by atoms with Crippen molar-refractivity contribution in [3.63, 3.8) is 0 Å². The minimum Gasteiger partial charge on any atom is -0.481 e. The predicted octanol–water partition coefficient (Wildman–Crippen LogP) is 3.30. The summed E-state index contributed by atoms with van der Waals surface area (Å²) in [7, 11) is 0. The molecule has 2 aromatic carbocycles. The third-order valence-corrected chi connectivity index (χ3v) is 7.68. The second-order valence-corrected chi connectivity index (χ2v) is 9.75. The summed E-state index contributed by atoms with van der Waals surface area (Å²) in [6.07, 6.45) is 1.32. The summed E-state index contributed by atoms with van der Waals surface area (Å²) in [4.78, 5) is 36.7. The zero-order valence-corrected chi connectivity index (χ0v) is 19.5. The van der Waals surface area contributed by atoms with E-state index in [1.54, 1.807) is 0 Å². The molecule has 2 aliphatic carbocycles. The molecule has 2 fully saturated rings. The van der Waals surface area contributed by atoms with Crippen LogP contribution in [0, 0.1) is 11.3 Å². The number of carboxylic acid groups (broad SMARTS) is 1. The first-order valence-electron chi connectivity index (χ1n) is 12.2. The van der Waals surface area contributed by atoms with Crippen LogP contribution in [-0.4, -0.2) is 55.5 Å². The molecule has 2 amide bonds. The number of carbonyl (C=O) groups excluding carboxylic acids is 2. The Morgan fingerprint density at radius 1 is 0.971 bits per heavy atom. The lowest BCUT2D eigenvalue weighted by atomic mass is 9.78. The van der Waals surface area contributed by atoms with Crippen LogP contribution in [0.15, 0.2) is 48.5 Å². The van der Waals surface area contributed by atoms with Crippen LogP contribution >= 0.6 is 0 Å². The van der Waals surface area contributed by atoms with Crippen molar-refractivity contribution in [3.8, 4) is 11.1 Å². The third kappa shape index (κ3) is 4.62. The molecule has 35 heavy (non-hydrogen) atoms. The van der Waals surface area contributed by atoms with Gasteiger partial charge in [0.2, 0.25) is 5.91 Å². The van der Waals surface area contributed by atoms with E-state index in [9.17, 15) is 19.5 Å². The van der Waals surface area contributed by atoms with Gasteiger partial charge in [0.15, 0.2) is 0 Å². The van der Waals surface area contributed by atoms with Crippen molar-refractivity contribution in [1.29, 1.82) is 0 Å². The van der Waals surface area contributed by atoms with E-state index in [4.69, 9.17) is 9.47 Å². The van der Waals surface area contributed by atoms with Crippen LogP contribution in [0.4, 0.5) is 4.79 Å². The monoisotopic (exact) mass is 478 g/mol. The first-order chi connectivity index (χ1) is 17.0. The van der Waals surface area contributed by atoms with Gasteiger partial charge >= 0.3 is 12.1 Å². The topological polar surface area (TPSA) is 114 Å². The van der Waals surface area contributed by atoms with Crippen molar-refractivity contribution in [2.24, 2.45) is 11.3 Å². The maximum absolute atomic E-state index is 12.5. The fourth-order valence-electron chi connectivity index (χ4n) is 5.39. The van der Waals surface area contributed by atoms with Crippen molar-refractivity contribution in [2.75, 3.05) is 26.4 Å². The Morgan fingerprint density at radius 2 is 1.57 bits per heavy atom. The van der Waals surface area contributed by atoms with Crippen molar-refractivity contribution < 1.29 is 29.0 Å². The molecule has 3 aliphatic rings. The molecule has 0 aromatic heterocycles. The number of amides is 2. The fraction of sp³-hybridized carbons (Fsp3) is 0.444. The normalized spacial score (nSPS) is 22.3. The number of nitrogens with one attached hydrogen (secondary N) is 2. The van der Waals surface area contributed by atoms with Gasteiger partial charge in [0.25, 0.3) is 0 Å². The Labute approximate surface area is 204 Å². The van der Waals surface area contributed by atoms with Crippen molar-refractivity contribution in [2.45, 2.75) is 37.6 Å². The largest absolute Gasteiger partial charge is 0.481 e. The number of carbonyl (C=O) groups is 3. The Morgan fingerprint density at radius 3 is 2.17 bits per heavy atom. The van der Waals surface area contributed by atoms with Crippen molar-refractivity contribution >= 4 is 18.0 Å². The van der Waals surface area contributed by atoms with Crippen LogP contribution in [0.2, 0.25) is 0 Å². The van der Waals surface area contributed by atoms with Crippen LogP contribution in [0.25, 0.3) is 11.1 Å². The third-order valence-electron chi connectivity index (χ3n) is 7.68. The van der Waals surface area contributed by atoms with Gasteiger partial charge in [-0.15, -0.1) is 0 Å². The molecular formula is C27H30N2O6. The maximum Gasteiger partial charge on any atom is 0.407 e. The summed E-state index contributed by atoms with van der Waals surface area (Å²) in [5.41, 5.74) is 3.71. The lowest BCUT2D eigenvalue weighted by Crippen LogP contribution is -2.52. The van der Waals surface area contributed by atoms with E-state index in [2.05, 4.69) is 34.9 Å². The minimum atomic E-state index is -0.962. The zero-order chi connectivity index (χ0) is 24.4. The van der Waals surface area contributed by atoms with Crippen LogP contribution in [0.1, 0.15) is 42.7 Å². The zero-order valence-electron chi connectivity index (χ0n) is 19.5. The number of hydrogen-bond donors (Lipinski definition) is 3. The maximum atomic E-state index is 12.5. The standard InChI is InChI=1S/C27H30N2O6/c30-24(28-16-27(25(31)32)9-11-34-12-10-27)17-13-18(14-17)29-26(33)35-15-23-21-7-3-1-5-19(21)20-6-2-4-8-22(20)23/h1-8,17-18,23H,9-16H2,(H,28,30)(H,29,33)(H,31,32). The van der Waals surface area contributed by atoms with Crippen molar-refractivity contribution in [1.82, 2.24) is 10.6 Å². The number of aliphatic carboxylic acids is 1. The molecule has 1 heterocycles. The molecule has 1 saturated carbocycles. The summed E-state index contributed by atoms with van der Waals surface area (Å²) < 4.78 is 10.9. The number of carboxylic acids is 1. The molecule has 0 bridgehead atoms. The molecule has 3 N–H and O–H groups in total. The highest BCUT2D eigenvalue weighted by atomic mass is 16.5. The number of hydrogen-bond acceptors (Lipinski definition) is 5. The smallest absolute Gasteiger partial charge is 0.407 e. The molecular weight excluding hydrogens is 448 g/mol. The van der Waals surface area contributed by atoms with Crippen LogP contribution in [-0.2, 0) is 19.1 Å². The Bertz CT molecular complexity index is 1070. The average molecular weight is 479 g/mol. The first kappa shape index (κ1) is 23.4. The molecule has 1 saturated heterocycles. The Kier molecular flexibility index (Phi) is 6.47. The highest BCUT2D eigenvalue weighted by Crippen LogP contribution is 2.44. The quantitative estimate of drug-likeness (QED) is 0.563. The summed E-state index contributed by atoms with van der Waals surface area (Å²) >= 11 is 0. The molecule has 0 unspecified atom stereocenters. The second kappa shape index (κ2) is 9.70. The first-order valence-corrected chi connectivity index (χ1v) is 12.2. The molecule has 8 nitrogen and oxygen atoms in total. The van der Waals surface area contributed by atoms with Crippen LogP contribution in [0.3, 0.4) is 0 Å². The van der Waals surface area contributed by atoms with Crippen molar-refractivity contribution in [3.05, 3.63) is 59.7 Å². The highest BCUT2D eigenvalue weighted by Gasteiger charge is 2.42. The summed E-state index contributed by atoms with van der Waals surface area (Å²) in [6.45, 7) is 1.12. The van der Waals surface area contributed by atoms with Gasteiger partial charge in [0.1, 0.15) is 6.61 Å². The van der Waals surface area contributed by atoms with Gasteiger partial charge in [0, 0.05) is 37.6 Å². The van der Waals surface area contributed by atoms with Gasteiger partial charge in [0.05, 0.1) is 5.41 Å². The van der Waals surface area contributed by atoms with E-state index in [1.807, 2.05) is 24.3 Å². The van der Waals surface area contributed by atoms with Gasteiger partial charge in [-0.3, -0.25) is 9.59 Å². The van der Waals surface area contributed by atoms with E-state index < -0.39 is 17.5 Å². The molecule has 5 rings (SSSR count). The lowest BCUT2D eigenvalue weighted by Gasteiger charge is -2.37. The van der Waals surface area contributed by atoms with E-state index in [1.165, 1.54) is 11.1 Å². The van der Waals surface area contributed by atoms with Gasteiger partial charge < -0.3 is 25.2 Å². The lowest BCUT2D eigenvalue weighted by molar-refractivity contribution is -0.155. The highest BCUT2D eigenvalue weighted by molar-refractivity contribution is 5.82. The summed E-state index contributed by atoms with van der Waals surface area (Å²) in [5.74, 6) is -1.30. The van der Waals surface area contributed by atoms with E-state index in [0.717, 1.165) is 11.1 Å². The fourth-order valence-corrected chi connectivity index (χ4v) is 5.39. The molecule has 2 aromatic rings. The van der Waals surface area contributed by atoms with Crippen LogP contribution < -0.4 is 10.6 Å². The molecule has 8 heteroatoms. The SMILES string of the molecule is O=C(NC1CC(C(=O)NCC2(C(=O)O)CCOCC2)C1)OCC1c2ccccc2-c2ccccc21.